The number of allylic oxidation sites excluding steroid dienone is 1. The molecule has 0 atom stereocenters. The standard InChI is InChI=1S/C13H14N2O2S2/c1-3-17-12(16)9-19-13(18)11(8-14)15-6-4-10(2)5-7-15/h4-7H,3,9H2,1-2H3/p+1/b13-11-. The summed E-state index contributed by atoms with van der Waals surface area (Å²) in [6.07, 6.45) is 3.57. The molecule has 0 saturated carbocycles. The Bertz CT molecular complexity index is 518. The van der Waals surface area contributed by atoms with Crippen molar-refractivity contribution in [3.8, 4) is 6.07 Å². The number of esters is 1. The molecule has 0 radical (unpaired) electrons. The highest BCUT2D eigenvalue weighted by molar-refractivity contribution is 8.16. The molecular weight excluding hydrogens is 280 g/mol. The van der Waals surface area contributed by atoms with Crippen LogP contribution < -0.4 is 4.57 Å². The molecule has 1 rings (SSSR count). The average Bonchev–Trinajstić information content (AvgIpc) is 2.40. The van der Waals surface area contributed by atoms with Gasteiger partial charge in [0.2, 0.25) is 0 Å². The van der Waals surface area contributed by atoms with Crippen LogP contribution in [0, 0.1) is 18.3 Å². The first kappa shape index (κ1) is 15.6. The molecule has 0 unspecified atom stereocenters. The number of thiol groups is 1. The summed E-state index contributed by atoms with van der Waals surface area (Å²) in [5, 5.41) is 9.18. The van der Waals surface area contributed by atoms with Gasteiger partial charge in [-0.1, -0.05) is 0 Å². The molecule has 0 fully saturated rings. The van der Waals surface area contributed by atoms with Crippen molar-refractivity contribution in [3.63, 3.8) is 0 Å². The number of carbonyl (C=O) groups excluding carboxylic acids is 1. The zero-order valence-corrected chi connectivity index (χ0v) is 12.5. The Kier molecular flexibility index (Phi) is 6.46. The SMILES string of the molecule is CCOC(=O)CS/C(S)=C(/C#N)[n+]1ccc(C)cc1. The van der Waals surface area contributed by atoms with Gasteiger partial charge in [-0.2, -0.15) is 9.83 Å². The number of hydrogen-bond acceptors (Lipinski definition) is 5. The van der Waals surface area contributed by atoms with Gasteiger partial charge in [-0.05, 0) is 19.4 Å². The normalized spacial score (nSPS) is 11.5. The molecule has 1 aromatic rings. The molecule has 0 aliphatic heterocycles. The number of thioether (sulfide) groups is 1. The minimum absolute atomic E-state index is 0.143. The summed E-state index contributed by atoms with van der Waals surface area (Å²) in [6.45, 7) is 4.07. The van der Waals surface area contributed by atoms with Gasteiger partial charge in [0.25, 0.3) is 0 Å². The van der Waals surface area contributed by atoms with Crippen molar-refractivity contribution in [1.29, 1.82) is 5.26 Å². The summed E-state index contributed by atoms with van der Waals surface area (Å²) >= 11 is 5.46. The number of rotatable bonds is 5. The molecule has 4 nitrogen and oxygen atoms in total. The maximum Gasteiger partial charge on any atom is 0.316 e. The summed E-state index contributed by atoms with van der Waals surface area (Å²) in [5.41, 5.74) is 1.49. The highest BCUT2D eigenvalue weighted by Crippen LogP contribution is 2.23. The zero-order chi connectivity index (χ0) is 14.3. The van der Waals surface area contributed by atoms with Gasteiger partial charge < -0.3 is 4.74 Å². The topological polar surface area (TPSA) is 54.0 Å². The van der Waals surface area contributed by atoms with Crippen LogP contribution >= 0.6 is 24.4 Å². The third-order valence-corrected chi connectivity index (χ3v) is 3.64. The smallest absolute Gasteiger partial charge is 0.316 e. The number of aromatic nitrogens is 1. The number of ether oxygens (including phenoxy) is 1. The maximum atomic E-state index is 11.3. The lowest BCUT2D eigenvalue weighted by Crippen LogP contribution is -2.31. The van der Waals surface area contributed by atoms with Crippen molar-refractivity contribution in [3.05, 3.63) is 34.3 Å². The Labute approximate surface area is 122 Å². The molecule has 19 heavy (non-hydrogen) atoms. The molecule has 1 heterocycles. The lowest BCUT2D eigenvalue weighted by Gasteiger charge is -2.01. The number of nitrogens with zero attached hydrogens (tertiary/aromatic N) is 2. The molecule has 0 aliphatic carbocycles. The molecule has 100 valence electrons. The second-order valence-electron chi connectivity index (χ2n) is 3.64. The van der Waals surface area contributed by atoms with E-state index >= 15 is 0 Å². The van der Waals surface area contributed by atoms with E-state index in [0.717, 1.165) is 5.56 Å². The minimum atomic E-state index is -0.315. The average molecular weight is 295 g/mol. The quantitative estimate of drug-likeness (QED) is 0.391. The van der Waals surface area contributed by atoms with E-state index in [0.29, 0.717) is 16.5 Å². The number of nitriles is 1. The third-order valence-electron chi connectivity index (χ3n) is 2.19. The van der Waals surface area contributed by atoms with E-state index in [9.17, 15) is 10.1 Å². The highest BCUT2D eigenvalue weighted by atomic mass is 32.2. The molecule has 0 amide bonds. The van der Waals surface area contributed by atoms with Crippen molar-refractivity contribution in [2.75, 3.05) is 12.4 Å². The number of carbonyl (C=O) groups is 1. The minimum Gasteiger partial charge on any atom is -0.465 e. The van der Waals surface area contributed by atoms with Crippen molar-refractivity contribution < 1.29 is 14.1 Å². The van der Waals surface area contributed by atoms with Gasteiger partial charge >= 0.3 is 11.7 Å². The van der Waals surface area contributed by atoms with Gasteiger partial charge in [-0.3, -0.25) is 4.79 Å². The zero-order valence-electron chi connectivity index (χ0n) is 10.8. The number of pyridine rings is 1. The fourth-order valence-corrected chi connectivity index (χ4v) is 2.25. The van der Waals surface area contributed by atoms with Crippen LogP contribution in [0.1, 0.15) is 12.5 Å². The summed E-state index contributed by atoms with van der Waals surface area (Å²) < 4.78 is 6.99. The van der Waals surface area contributed by atoms with Gasteiger partial charge in [0.15, 0.2) is 18.5 Å². The van der Waals surface area contributed by atoms with Crippen LogP contribution in [0.3, 0.4) is 0 Å². The molecule has 0 N–H and O–H groups in total. The molecule has 0 aliphatic rings. The van der Waals surface area contributed by atoms with E-state index in [1.165, 1.54) is 11.8 Å². The van der Waals surface area contributed by atoms with Crippen LogP contribution in [0.4, 0.5) is 0 Å². The molecular formula is C13H15N2O2S2+. The van der Waals surface area contributed by atoms with Gasteiger partial charge in [-0.25, -0.2) is 0 Å². The van der Waals surface area contributed by atoms with Gasteiger partial charge in [0.05, 0.1) is 12.4 Å². The fraction of sp³-hybridized carbons (Fsp3) is 0.308. The monoisotopic (exact) mass is 295 g/mol. The van der Waals surface area contributed by atoms with Crippen LogP contribution in [0.5, 0.6) is 0 Å². The van der Waals surface area contributed by atoms with E-state index in [2.05, 4.69) is 18.7 Å². The largest absolute Gasteiger partial charge is 0.465 e. The highest BCUT2D eigenvalue weighted by Gasteiger charge is 2.16. The molecule has 0 aromatic carbocycles. The van der Waals surface area contributed by atoms with Gasteiger partial charge in [-0.15, -0.1) is 24.4 Å². The first-order valence-corrected chi connectivity index (χ1v) is 7.11. The fourth-order valence-electron chi connectivity index (χ4n) is 1.26. The Hall–Kier alpha value is -1.45. The summed E-state index contributed by atoms with van der Waals surface area (Å²) in [5.74, 6) is -0.171. The van der Waals surface area contributed by atoms with Crippen LogP contribution in [-0.4, -0.2) is 18.3 Å². The van der Waals surface area contributed by atoms with Crippen molar-refractivity contribution in [1.82, 2.24) is 0 Å². The molecule has 1 aromatic heterocycles. The molecule has 6 heteroatoms. The Balaban J connectivity index is 2.82. The maximum absolute atomic E-state index is 11.3. The van der Waals surface area contributed by atoms with E-state index in [1.807, 2.05) is 19.1 Å². The van der Waals surface area contributed by atoms with E-state index in [-0.39, 0.29) is 11.7 Å². The van der Waals surface area contributed by atoms with E-state index in [4.69, 9.17) is 4.74 Å². The summed E-state index contributed by atoms with van der Waals surface area (Å²) in [7, 11) is 0. The predicted molar refractivity (Wildman–Crippen MR) is 78.3 cm³/mol. The van der Waals surface area contributed by atoms with Gasteiger partial charge in [0.1, 0.15) is 4.24 Å². The van der Waals surface area contributed by atoms with Crippen molar-refractivity contribution >= 4 is 36.1 Å². The Morgan fingerprint density at radius 2 is 2.16 bits per heavy atom. The summed E-state index contributed by atoms with van der Waals surface area (Å²) in [4.78, 5) is 11.3. The first-order chi connectivity index (χ1) is 9.08. The van der Waals surface area contributed by atoms with Crippen LogP contribution in [0.15, 0.2) is 28.8 Å². The second-order valence-corrected chi connectivity index (χ2v) is 5.38. The van der Waals surface area contributed by atoms with Crippen molar-refractivity contribution in [2.24, 2.45) is 0 Å². The molecule has 0 bridgehead atoms. The second kappa shape index (κ2) is 7.87. The van der Waals surface area contributed by atoms with Crippen LogP contribution in [-0.2, 0) is 9.53 Å². The lowest BCUT2D eigenvalue weighted by molar-refractivity contribution is -0.577. The molecule has 0 spiro atoms. The number of aryl methyl sites for hydroxylation is 1. The third kappa shape index (κ3) is 4.97. The lowest BCUT2D eigenvalue weighted by atomic mass is 10.3. The van der Waals surface area contributed by atoms with E-state index in [1.54, 1.807) is 23.9 Å². The Morgan fingerprint density at radius 1 is 1.53 bits per heavy atom. The van der Waals surface area contributed by atoms with Gasteiger partial charge in [0, 0.05) is 12.1 Å². The predicted octanol–water partition coefficient (Wildman–Crippen LogP) is 2.16. The summed E-state index contributed by atoms with van der Waals surface area (Å²) in [6, 6.07) is 5.88. The van der Waals surface area contributed by atoms with Crippen LogP contribution in [0.2, 0.25) is 0 Å². The van der Waals surface area contributed by atoms with E-state index < -0.39 is 0 Å². The van der Waals surface area contributed by atoms with Crippen LogP contribution in [0.25, 0.3) is 5.70 Å². The molecule has 0 saturated heterocycles. The van der Waals surface area contributed by atoms with Crippen molar-refractivity contribution in [2.45, 2.75) is 13.8 Å². The Morgan fingerprint density at radius 3 is 2.68 bits per heavy atom. The first-order valence-electron chi connectivity index (χ1n) is 5.68. The number of hydrogen-bond donors (Lipinski definition) is 1.